The molecule has 4 amide bonds. The van der Waals surface area contributed by atoms with Crippen LogP contribution in [0.5, 0.6) is 0 Å². The van der Waals surface area contributed by atoms with Gasteiger partial charge in [0.15, 0.2) is 0 Å². The summed E-state index contributed by atoms with van der Waals surface area (Å²) in [5.41, 5.74) is 3.47. The molecule has 1 N–H and O–H groups in total. The van der Waals surface area contributed by atoms with Crippen LogP contribution in [0.3, 0.4) is 0 Å². The van der Waals surface area contributed by atoms with E-state index < -0.39 is 6.03 Å². The van der Waals surface area contributed by atoms with Crippen LogP contribution in [0.4, 0.5) is 4.79 Å². The van der Waals surface area contributed by atoms with E-state index in [1.807, 2.05) is 12.1 Å². The monoisotopic (exact) mass is 313 g/mol. The van der Waals surface area contributed by atoms with E-state index in [9.17, 15) is 14.4 Å². The molecule has 0 bridgehead atoms. The molecule has 6 heteroatoms. The Hall–Kier alpha value is -2.63. The summed E-state index contributed by atoms with van der Waals surface area (Å²) in [6, 6.07) is 7.60. The molecule has 23 heavy (non-hydrogen) atoms. The summed E-state index contributed by atoms with van der Waals surface area (Å²) in [7, 11) is 0. The summed E-state index contributed by atoms with van der Waals surface area (Å²) < 4.78 is 0. The molecule has 1 aromatic rings. The summed E-state index contributed by atoms with van der Waals surface area (Å²) in [4.78, 5) is 38.3. The molecular formula is C17H19N3O3. The molecule has 2 aliphatic rings. The number of hydrogen-bond acceptors (Lipinski definition) is 3. The lowest BCUT2D eigenvalue weighted by Crippen LogP contribution is -2.52. The molecular weight excluding hydrogens is 294 g/mol. The maximum Gasteiger partial charge on any atom is 0.324 e. The fourth-order valence-corrected chi connectivity index (χ4v) is 2.89. The number of imide groups is 1. The molecule has 0 aromatic heterocycles. The third-order valence-corrected chi connectivity index (χ3v) is 4.23. The predicted molar refractivity (Wildman–Crippen MR) is 85.5 cm³/mol. The van der Waals surface area contributed by atoms with Crippen molar-refractivity contribution in [3.05, 3.63) is 41.5 Å². The van der Waals surface area contributed by atoms with Gasteiger partial charge in [-0.1, -0.05) is 30.3 Å². The Balaban J connectivity index is 1.60. The van der Waals surface area contributed by atoms with Crippen LogP contribution < -0.4 is 5.32 Å². The Morgan fingerprint density at radius 2 is 2.04 bits per heavy atom. The molecule has 0 spiro atoms. The van der Waals surface area contributed by atoms with Crippen molar-refractivity contribution in [2.75, 3.05) is 26.2 Å². The number of rotatable bonds is 3. The lowest BCUT2D eigenvalue weighted by atomic mass is 10.0. The highest BCUT2D eigenvalue weighted by molar-refractivity contribution is 5.98. The van der Waals surface area contributed by atoms with Crippen molar-refractivity contribution in [2.24, 2.45) is 0 Å². The Kier molecular flexibility index (Phi) is 4.14. The summed E-state index contributed by atoms with van der Waals surface area (Å²) in [6.07, 6.45) is 2.30. The fourth-order valence-electron chi connectivity index (χ4n) is 2.89. The first kappa shape index (κ1) is 15.3. The summed E-state index contributed by atoms with van der Waals surface area (Å²) in [5.74, 6) is -0.391. The minimum atomic E-state index is -0.485. The predicted octanol–water partition coefficient (Wildman–Crippen LogP) is 1.16. The Morgan fingerprint density at radius 1 is 1.26 bits per heavy atom. The highest BCUT2D eigenvalue weighted by Crippen LogP contribution is 2.24. The topological polar surface area (TPSA) is 69.7 Å². The van der Waals surface area contributed by atoms with Crippen LogP contribution in [0.1, 0.15) is 17.5 Å². The molecule has 0 atom stereocenters. The van der Waals surface area contributed by atoms with E-state index in [0.29, 0.717) is 19.6 Å². The number of benzene rings is 1. The number of urea groups is 1. The first-order valence-electron chi connectivity index (χ1n) is 7.66. The minimum Gasteiger partial charge on any atom is -0.333 e. The Morgan fingerprint density at radius 3 is 2.78 bits per heavy atom. The van der Waals surface area contributed by atoms with Gasteiger partial charge < -0.3 is 9.80 Å². The van der Waals surface area contributed by atoms with Crippen LogP contribution in [0.2, 0.25) is 0 Å². The molecule has 0 aliphatic carbocycles. The zero-order valence-corrected chi connectivity index (χ0v) is 13.0. The average Bonchev–Trinajstić information content (AvgIpc) is 3.00. The van der Waals surface area contributed by atoms with E-state index in [1.165, 1.54) is 10.5 Å². The van der Waals surface area contributed by atoms with Gasteiger partial charge in [-0.05, 0) is 23.6 Å². The van der Waals surface area contributed by atoms with Gasteiger partial charge in [-0.3, -0.25) is 14.9 Å². The molecule has 0 radical (unpaired) electrons. The Labute approximate surface area is 134 Å². The smallest absolute Gasteiger partial charge is 0.324 e. The number of nitrogens with one attached hydrogen (secondary N) is 1. The van der Waals surface area contributed by atoms with E-state index in [2.05, 4.69) is 30.4 Å². The van der Waals surface area contributed by atoms with Gasteiger partial charge in [0, 0.05) is 26.1 Å². The van der Waals surface area contributed by atoms with Gasteiger partial charge in [0.25, 0.3) is 0 Å². The van der Waals surface area contributed by atoms with Crippen LogP contribution in [0.15, 0.2) is 30.3 Å². The molecule has 0 unspecified atom stereocenters. The van der Waals surface area contributed by atoms with Crippen molar-refractivity contribution >= 4 is 23.4 Å². The maximum atomic E-state index is 12.4. The number of amides is 4. The van der Waals surface area contributed by atoms with Crippen LogP contribution in [-0.4, -0.2) is 53.8 Å². The van der Waals surface area contributed by atoms with Gasteiger partial charge in [0.2, 0.25) is 11.8 Å². The standard InChI is InChI=1S/C17H19N3O3/c1-12-4-2-3-5-14(12)13-6-8-19(10-13)16(22)11-20-9-7-15(21)18-17(20)23/h2-6H,7-11H2,1H3,(H,18,21,23). The summed E-state index contributed by atoms with van der Waals surface area (Å²) in [6.45, 7) is 3.46. The van der Waals surface area contributed by atoms with Gasteiger partial charge >= 0.3 is 6.03 Å². The number of aryl methyl sites for hydroxylation is 1. The van der Waals surface area contributed by atoms with E-state index >= 15 is 0 Å². The third-order valence-electron chi connectivity index (χ3n) is 4.23. The summed E-state index contributed by atoms with van der Waals surface area (Å²) in [5, 5.41) is 2.23. The second kappa shape index (κ2) is 6.24. The molecule has 2 heterocycles. The lowest BCUT2D eigenvalue weighted by Gasteiger charge is -2.28. The van der Waals surface area contributed by atoms with Crippen molar-refractivity contribution in [2.45, 2.75) is 13.3 Å². The number of hydrogen-bond donors (Lipinski definition) is 1. The van der Waals surface area contributed by atoms with Crippen molar-refractivity contribution < 1.29 is 14.4 Å². The second-order valence-corrected chi connectivity index (χ2v) is 5.84. The van der Waals surface area contributed by atoms with Gasteiger partial charge in [0.05, 0.1) is 0 Å². The molecule has 1 saturated heterocycles. The molecule has 0 saturated carbocycles. The number of carbonyl (C=O) groups is 3. The van der Waals surface area contributed by atoms with E-state index in [-0.39, 0.29) is 24.8 Å². The van der Waals surface area contributed by atoms with Crippen LogP contribution >= 0.6 is 0 Å². The average molecular weight is 313 g/mol. The van der Waals surface area contributed by atoms with Gasteiger partial charge in [0.1, 0.15) is 6.54 Å². The second-order valence-electron chi connectivity index (χ2n) is 5.84. The van der Waals surface area contributed by atoms with Crippen LogP contribution in [0.25, 0.3) is 5.57 Å². The molecule has 6 nitrogen and oxygen atoms in total. The first-order chi connectivity index (χ1) is 11.0. The lowest BCUT2D eigenvalue weighted by molar-refractivity contribution is -0.131. The van der Waals surface area contributed by atoms with Gasteiger partial charge in [-0.25, -0.2) is 4.79 Å². The number of nitrogens with zero attached hydrogens (tertiary/aromatic N) is 2. The fraction of sp³-hybridized carbons (Fsp3) is 0.353. The zero-order chi connectivity index (χ0) is 16.4. The molecule has 120 valence electrons. The highest BCUT2D eigenvalue weighted by atomic mass is 16.2. The molecule has 3 rings (SSSR count). The molecule has 1 fully saturated rings. The maximum absolute atomic E-state index is 12.4. The minimum absolute atomic E-state index is 0.00794. The Bertz CT molecular complexity index is 696. The normalized spacial score (nSPS) is 18.0. The third kappa shape index (κ3) is 3.26. The van der Waals surface area contributed by atoms with Crippen molar-refractivity contribution in [3.63, 3.8) is 0 Å². The SMILES string of the molecule is Cc1ccccc1C1=CCN(C(=O)CN2CCC(=O)NC2=O)C1. The molecule has 1 aromatic carbocycles. The van der Waals surface area contributed by atoms with E-state index in [0.717, 1.165) is 11.1 Å². The van der Waals surface area contributed by atoms with Crippen LogP contribution in [-0.2, 0) is 9.59 Å². The van der Waals surface area contributed by atoms with Gasteiger partial charge in [-0.2, -0.15) is 0 Å². The van der Waals surface area contributed by atoms with Crippen molar-refractivity contribution in [1.29, 1.82) is 0 Å². The van der Waals surface area contributed by atoms with Gasteiger partial charge in [-0.15, -0.1) is 0 Å². The first-order valence-corrected chi connectivity index (χ1v) is 7.66. The largest absolute Gasteiger partial charge is 0.333 e. The van der Waals surface area contributed by atoms with Crippen molar-refractivity contribution in [3.8, 4) is 0 Å². The van der Waals surface area contributed by atoms with E-state index in [4.69, 9.17) is 0 Å². The quantitative estimate of drug-likeness (QED) is 0.910. The number of carbonyl (C=O) groups excluding carboxylic acids is 3. The van der Waals surface area contributed by atoms with Crippen molar-refractivity contribution in [1.82, 2.24) is 15.1 Å². The zero-order valence-electron chi connectivity index (χ0n) is 13.0. The highest BCUT2D eigenvalue weighted by Gasteiger charge is 2.28. The van der Waals surface area contributed by atoms with Crippen LogP contribution in [0, 0.1) is 6.92 Å². The van der Waals surface area contributed by atoms with E-state index in [1.54, 1.807) is 4.90 Å². The molecule has 2 aliphatic heterocycles. The summed E-state index contributed by atoms with van der Waals surface area (Å²) >= 11 is 0.